The van der Waals surface area contributed by atoms with Crippen molar-refractivity contribution in [3.05, 3.63) is 34.1 Å². The van der Waals surface area contributed by atoms with Crippen LogP contribution < -0.4 is 4.65 Å². The van der Waals surface area contributed by atoms with Gasteiger partial charge in [-0.2, -0.15) is 4.39 Å². The van der Waals surface area contributed by atoms with E-state index in [1.807, 2.05) is 0 Å². The maximum atomic E-state index is 12.9. The van der Waals surface area contributed by atoms with E-state index in [0.29, 0.717) is 0 Å². The quantitative estimate of drug-likeness (QED) is 0.410. The van der Waals surface area contributed by atoms with Gasteiger partial charge in [-0.15, -0.1) is 0 Å². The fraction of sp³-hybridized carbons (Fsp3) is 0. The molecule has 0 aliphatic heterocycles. The zero-order chi connectivity index (χ0) is 10.7. The molecule has 0 atom stereocenters. The van der Waals surface area contributed by atoms with E-state index in [1.54, 1.807) is 0 Å². The van der Waals surface area contributed by atoms with Crippen molar-refractivity contribution in [2.45, 2.75) is 0 Å². The van der Waals surface area contributed by atoms with Crippen LogP contribution in [0.5, 0.6) is 5.75 Å². The van der Waals surface area contributed by atoms with E-state index >= 15 is 0 Å². The van der Waals surface area contributed by atoms with Crippen molar-refractivity contribution in [3.63, 3.8) is 0 Å². The largest absolute Gasteiger partial charge is 0.707 e. The van der Waals surface area contributed by atoms with E-state index in [9.17, 15) is 14.5 Å². The van der Waals surface area contributed by atoms with Gasteiger partial charge in [0, 0.05) is 0 Å². The number of nitrogens with zero attached hydrogens (tertiary/aromatic N) is 1. The molecular formula is C6H5BFNO5. The molecule has 74 valence electrons. The van der Waals surface area contributed by atoms with Crippen LogP contribution in [-0.2, 0) is 0 Å². The Morgan fingerprint density at radius 2 is 2.14 bits per heavy atom. The second-order valence-electron chi connectivity index (χ2n) is 2.29. The summed E-state index contributed by atoms with van der Waals surface area (Å²) in [6.07, 6.45) is 0. The van der Waals surface area contributed by atoms with Crippen molar-refractivity contribution < 1.29 is 24.0 Å². The van der Waals surface area contributed by atoms with Crippen molar-refractivity contribution in [3.8, 4) is 5.75 Å². The number of benzene rings is 1. The molecule has 14 heavy (non-hydrogen) atoms. The fourth-order valence-electron chi connectivity index (χ4n) is 0.881. The van der Waals surface area contributed by atoms with Gasteiger partial charge in [-0.3, -0.25) is 10.1 Å². The van der Waals surface area contributed by atoms with Crippen LogP contribution in [-0.4, -0.2) is 22.3 Å². The Morgan fingerprint density at radius 1 is 1.50 bits per heavy atom. The summed E-state index contributed by atoms with van der Waals surface area (Å²) < 4.78 is 17.1. The lowest BCUT2D eigenvalue weighted by atomic mass is 10.2. The first-order valence-corrected chi connectivity index (χ1v) is 3.48. The maximum absolute atomic E-state index is 12.9. The second-order valence-corrected chi connectivity index (χ2v) is 2.29. The summed E-state index contributed by atoms with van der Waals surface area (Å²) >= 11 is 0. The molecule has 6 nitrogen and oxygen atoms in total. The highest BCUT2D eigenvalue weighted by atomic mass is 19.1. The molecule has 0 aliphatic carbocycles. The molecule has 1 aromatic rings. The number of para-hydroxylation sites is 1. The summed E-state index contributed by atoms with van der Waals surface area (Å²) in [6.45, 7) is 0. The molecule has 0 radical (unpaired) electrons. The number of rotatable bonds is 3. The van der Waals surface area contributed by atoms with E-state index in [-0.39, 0.29) is 0 Å². The predicted octanol–water partition coefficient (Wildman–Crippen LogP) is 0.0822. The third-order valence-electron chi connectivity index (χ3n) is 1.36. The lowest BCUT2D eigenvalue weighted by molar-refractivity contribution is -0.388. The standard InChI is InChI=1S/C6H5BFNO5/c8-4-2-1-3-5(14-7(10)11)6(4)9(12)13/h1-3,10-11H. The fourth-order valence-corrected chi connectivity index (χ4v) is 0.881. The van der Waals surface area contributed by atoms with Gasteiger partial charge in [0.25, 0.3) is 0 Å². The van der Waals surface area contributed by atoms with Crippen molar-refractivity contribution in [2.75, 3.05) is 0 Å². The summed E-state index contributed by atoms with van der Waals surface area (Å²) in [6, 6.07) is 3.08. The van der Waals surface area contributed by atoms with Crippen LogP contribution in [0.15, 0.2) is 18.2 Å². The molecule has 0 amide bonds. The lowest BCUT2D eigenvalue weighted by Crippen LogP contribution is -2.21. The maximum Gasteiger partial charge on any atom is 0.707 e. The van der Waals surface area contributed by atoms with E-state index in [0.717, 1.165) is 18.2 Å². The molecule has 1 rings (SSSR count). The highest BCUT2D eigenvalue weighted by Crippen LogP contribution is 2.29. The zero-order valence-electron chi connectivity index (χ0n) is 6.75. The Bertz CT molecular complexity index is 358. The van der Waals surface area contributed by atoms with Gasteiger partial charge in [0.1, 0.15) is 0 Å². The molecule has 0 fully saturated rings. The smallest absolute Gasteiger partial charge is 0.507 e. The monoisotopic (exact) mass is 201 g/mol. The summed E-state index contributed by atoms with van der Waals surface area (Å²) in [4.78, 5) is 9.34. The van der Waals surface area contributed by atoms with Gasteiger partial charge in [-0.25, -0.2) is 0 Å². The predicted molar refractivity (Wildman–Crippen MR) is 43.9 cm³/mol. The van der Waals surface area contributed by atoms with Crippen LogP contribution in [0, 0.1) is 15.9 Å². The Hall–Kier alpha value is -1.67. The van der Waals surface area contributed by atoms with Gasteiger partial charge in [-0.1, -0.05) is 6.07 Å². The van der Waals surface area contributed by atoms with Crippen molar-refractivity contribution in [1.29, 1.82) is 0 Å². The summed E-state index contributed by atoms with van der Waals surface area (Å²) in [5.74, 6) is -1.64. The first kappa shape index (κ1) is 10.4. The van der Waals surface area contributed by atoms with E-state index < -0.39 is 29.5 Å². The minimum atomic E-state index is -2.23. The first-order valence-electron chi connectivity index (χ1n) is 3.48. The molecule has 0 spiro atoms. The summed E-state index contributed by atoms with van der Waals surface area (Å²) in [7, 11) is -2.23. The van der Waals surface area contributed by atoms with Gasteiger partial charge < -0.3 is 14.7 Å². The zero-order valence-corrected chi connectivity index (χ0v) is 6.75. The highest BCUT2D eigenvalue weighted by Gasteiger charge is 2.24. The molecule has 0 heterocycles. The van der Waals surface area contributed by atoms with Crippen LogP contribution in [0.1, 0.15) is 0 Å². The molecule has 1 aromatic carbocycles. The SMILES string of the molecule is O=[N+]([O-])c1c(F)cccc1OB(O)O. The molecule has 8 heteroatoms. The Kier molecular flexibility index (Phi) is 3.00. The molecule has 0 aromatic heterocycles. The molecule has 2 N–H and O–H groups in total. The number of nitro groups is 1. The third-order valence-corrected chi connectivity index (χ3v) is 1.36. The van der Waals surface area contributed by atoms with Crippen molar-refractivity contribution in [2.24, 2.45) is 0 Å². The number of nitro benzene ring substituents is 1. The molecule has 0 saturated carbocycles. The molecular weight excluding hydrogens is 196 g/mol. The van der Waals surface area contributed by atoms with Gasteiger partial charge in [0.15, 0.2) is 5.75 Å². The topological polar surface area (TPSA) is 92.8 Å². The molecule has 0 unspecified atom stereocenters. The van der Waals surface area contributed by atoms with Crippen LogP contribution in [0.4, 0.5) is 10.1 Å². The molecule has 0 bridgehead atoms. The molecule has 0 saturated heterocycles. The lowest BCUT2D eigenvalue weighted by Gasteiger charge is -2.04. The van der Waals surface area contributed by atoms with Gasteiger partial charge in [0.05, 0.1) is 4.92 Å². The third kappa shape index (κ3) is 2.18. The minimum Gasteiger partial charge on any atom is -0.507 e. The van der Waals surface area contributed by atoms with E-state index in [4.69, 9.17) is 10.0 Å². The summed E-state index contributed by atoms with van der Waals surface area (Å²) in [5, 5.41) is 27.1. The van der Waals surface area contributed by atoms with Crippen LogP contribution >= 0.6 is 0 Å². The number of hydrogen-bond donors (Lipinski definition) is 2. The van der Waals surface area contributed by atoms with Gasteiger partial charge in [0.2, 0.25) is 5.82 Å². The summed E-state index contributed by atoms with van der Waals surface area (Å²) in [5.41, 5.74) is -0.930. The van der Waals surface area contributed by atoms with Crippen molar-refractivity contribution >= 4 is 13.0 Å². The average Bonchev–Trinajstić information content (AvgIpc) is 2.01. The van der Waals surface area contributed by atoms with Crippen LogP contribution in [0.3, 0.4) is 0 Å². The van der Waals surface area contributed by atoms with E-state index in [2.05, 4.69) is 4.65 Å². The van der Waals surface area contributed by atoms with Crippen LogP contribution in [0.2, 0.25) is 0 Å². The van der Waals surface area contributed by atoms with E-state index in [1.165, 1.54) is 0 Å². The van der Waals surface area contributed by atoms with Gasteiger partial charge >= 0.3 is 13.0 Å². The number of hydrogen-bond acceptors (Lipinski definition) is 5. The Balaban J connectivity index is 3.14. The Labute approximate surface area is 77.9 Å². The second kappa shape index (κ2) is 4.03. The average molecular weight is 201 g/mol. The minimum absolute atomic E-state index is 0.537. The first-order chi connectivity index (χ1) is 6.52. The molecule has 0 aliphatic rings. The van der Waals surface area contributed by atoms with Crippen molar-refractivity contribution in [1.82, 2.24) is 0 Å². The highest BCUT2D eigenvalue weighted by molar-refractivity contribution is 6.33. The normalized spacial score (nSPS) is 9.64. The van der Waals surface area contributed by atoms with Crippen LogP contribution in [0.25, 0.3) is 0 Å². The Morgan fingerprint density at radius 3 is 2.64 bits per heavy atom. The number of halogens is 1. The van der Waals surface area contributed by atoms with Gasteiger partial charge in [-0.05, 0) is 12.1 Å².